The monoisotopic (exact) mass is 374 g/mol. The highest BCUT2D eigenvalue weighted by Crippen LogP contribution is 2.30. The topological polar surface area (TPSA) is 93.8 Å². The number of phenols is 1. The molecule has 1 saturated carbocycles. The normalized spacial score (nSPS) is 15.7. The molecular weight excluding hydrogens is 356 g/mol. The summed E-state index contributed by atoms with van der Waals surface area (Å²) in [6, 6.07) is 9.06. The fourth-order valence-corrected chi connectivity index (χ4v) is 4.97. The number of phenolic OH excluding ortho intramolecular Hbond substituents is 1. The Kier molecular flexibility index (Phi) is 4.11. The van der Waals surface area contributed by atoms with E-state index in [1.165, 1.54) is 18.2 Å². The SMILES string of the molecule is O=c1oc2cc(OS(=O)(=O)CC3CCCC3)ccc2c2ccc(O)cc12. The van der Waals surface area contributed by atoms with Gasteiger partial charge in [-0.15, -0.1) is 0 Å². The molecule has 26 heavy (non-hydrogen) atoms. The summed E-state index contributed by atoms with van der Waals surface area (Å²) in [7, 11) is -3.70. The van der Waals surface area contributed by atoms with Crippen molar-refractivity contribution < 1.29 is 22.1 Å². The van der Waals surface area contributed by atoms with Crippen molar-refractivity contribution in [3.63, 3.8) is 0 Å². The molecule has 2 aromatic carbocycles. The average molecular weight is 374 g/mol. The van der Waals surface area contributed by atoms with Gasteiger partial charge >= 0.3 is 15.7 Å². The van der Waals surface area contributed by atoms with Gasteiger partial charge in [0, 0.05) is 16.8 Å². The Hall–Kier alpha value is -2.54. The first-order chi connectivity index (χ1) is 12.4. The first-order valence-electron chi connectivity index (χ1n) is 8.53. The van der Waals surface area contributed by atoms with E-state index in [1.807, 2.05) is 0 Å². The lowest BCUT2D eigenvalue weighted by atomic mass is 10.1. The lowest BCUT2D eigenvalue weighted by molar-refractivity contribution is 0.467. The van der Waals surface area contributed by atoms with Crippen molar-refractivity contribution in [1.82, 2.24) is 0 Å². The molecule has 1 fully saturated rings. The van der Waals surface area contributed by atoms with Crippen molar-refractivity contribution in [2.45, 2.75) is 25.7 Å². The Labute approximate surface area is 150 Å². The number of hydrogen-bond donors (Lipinski definition) is 1. The molecule has 0 saturated heterocycles. The van der Waals surface area contributed by atoms with Crippen LogP contribution in [-0.4, -0.2) is 19.3 Å². The van der Waals surface area contributed by atoms with Gasteiger partial charge < -0.3 is 13.7 Å². The van der Waals surface area contributed by atoms with Crippen LogP contribution in [0.3, 0.4) is 0 Å². The quantitative estimate of drug-likeness (QED) is 0.426. The van der Waals surface area contributed by atoms with Gasteiger partial charge in [0.2, 0.25) is 0 Å². The van der Waals surface area contributed by atoms with Gasteiger partial charge in [-0.25, -0.2) is 4.79 Å². The maximum atomic E-state index is 12.3. The summed E-state index contributed by atoms with van der Waals surface area (Å²) in [6.45, 7) is 0. The van der Waals surface area contributed by atoms with Gasteiger partial charge in [-0.1, -0.05) is 12.8 Å². The van der Waals surface area contributed by atoms with Crippen molar-refractivity contribution >= 4 is 31.9 Å². The second-order valence-electron chi connectivity index (χ2n) is 6.74. The third-order valence-electron chi connectivity index (χ3n) is 4.81. The molecule has 0 spiro atoms. The van der Waals surface area contributed by atoms with Gasteiger partial charge in [0.25, 0.3) is 0 Å². The summed E-state index contributed by atoms with van der Waals surface area (Å²) < 4.78 is 35.0. The third-order valence-corrected chi connectivity index (χ3v) is 6.13. The Morgan fingerprint density at radius 1 is 1.04 bits per heavy atom. The van der Waals surface area contributed by atoms with Crippen LogP contribution in [0.2, 0.25) is 0 Å². The van der Waals surface area contributed by atoms with Gasteiger partial charge in [0.05, 0.1) is 11.1 Å². The summed E-state index contributed by atoms with van der Waals surface area (Å²) in [5.41, 5.74) is -0.365. The number of benzene rings is 2. The maximum Gasteiger partial charge on any atom is 0.344 e. The van der Waals surface area contributed by atoms with Gasteiger partial charge in [-0.2, -0.15) is 8.42 Å². The van der Waals surface area contributed by atoms with Crippen LogP contribution in [0.25, 0.3) is 21.7 Å². The molecule has 0 radical (unpaired) electrons. The van der Waals surface area contributed by atoms with Gasteiger partial charge in [0.1, 0.15) is 17.1 Å². The van der Waals surface area contributed by atoms with Crippen LogP contribution in [0, 0.1) is 5.92 Å². The predicted octanol–water partition coefficient (Wildman–Crippen LogP) is 3.55. The fraction of sp³-hybridized carbons (Fsp3) is 0.316. The summed E-state index contributed by atoms with van der Waals surface area (Å²) >= 11 is 0. The van der Waals surface area contributed by atoms with Gasteiger partial charge in [-0.05, 0) is 49.1 Å². The molecular formula is C19H18O6S. The lowest BCUT2D eigenvalue weighted by Crippen LogP contribution is -2.19. The molecule has 136 valence electrons. The fourth-order valence-electron chi connectivity index (χ4n) is 3.60. The zero-order valence-electron chi connectivity index (χ0n) is 14.0. The van der Waals surface area contributed by atoms with Crippen molar-refractivity contribution in [3.8, 4) is 11.5 Å². The second-order valence-corrected chi connectivity index (χ2v) is 8.35. The van der Waals surface area contributed by atoms with Crippen molar-refractivity contribution in [3.05, 3.63) is 46.8 Å². The molecule has 4 rings (SSSR count). The zero-order valence-corrected chi connectivity index (χ0v) is 14.8. The van der Waals surface area contributed by atoms with Crippen LogP contribution in [0.4, 0.5) is 0 Å². The molecule has 1 aliphatic carbocycles. The van der Waals surface area contributed by atoms with Crippen LogP contribution in [0.15, 0.2) is 45.6 Å². The Morgan fingerprint density at radius 2 is 1.77 bits per heavy atom. The van der Waals surface area contributed by atoms with E-state index in [9.17, 15) is 18.3 Å². The standard InChI is InChI=1S/C19H18O6S/c20-13-5-7-15-16-8-6-14(10-18(16)24-19(21)17(15)9-13)25-26(22,23)11-12-3-1-2-4-12/h5-10,12,20H,1-4,11H2. The van der Waals surface area contributed by atoms with E-state index in [0.717, 1.165) is 25.7 Å². The zero-order chi connectivity index (χ0) is 18.3. The Bertz CT molecular complexity index is 1140. The summed E-state index contributed by atoms with van der Waals surface area (Å²) in [4.78, 5) is 12.1. The first-order valence-corrected chi connectivity index (χ1v) is 10.1. The summed E-state index contributed by atoms with van der Waals surface area (Å²) in [5.74, 6) is 0.250. The molecule has 0 aliphatic heterocycles. The number of rotatable bonds is 4. The molecule has 0 atom stereocenters. The highest BCUT2D eigenvalue weighted by molar-refractivity contribution is 7.87. The van der Waals surface area contributed by atoms with E-state index in [-0.39, 0.29) is 34.1 Å². The Balaban J connectivity index is 1.70. The van der Waals surface area contributed by atoms with Crippen LogP contribution in [-0.2, 0) is 10.1 Å². The van der Waals surface area contributed by atoms with Crippen LogP contribution < -0.4 is 9.81 Å². The largest absolute Gasteiger partial charge is 0.508 e. The molecule has 7 heteroatoms. The van der Waals surface area contributed by atoms with Crippen molar-refractivity contribution in [2.24, 2.45) is 5.92 Å². The molecule has 0 amide bonds. The van der Waals surface area contributed by atoms with E-state index in [4.69, 9.17) is 8.60 Å². The second kappa shape index (κ2) is 6.32. The minimum absolute atomic E-state index is 0.00594. The van der Waals surface area contributed by atoms with E-state index < -0.39 is 15.7 Å². The highest BCUT2D eigenvalue weighted by atomic mass is 32.2. The van der Waals surface area contributed by atoms with E-state index in [2.05, 4.69) is 0 Å². The smallest absolute Gasteiger partial charge is 0.344 e. The first kappa shape index (κ1) is 16.9. The predicted molar refractivity (Wildman–Crippen MR) is 98.0 cm³/mol. The van der Waals surface area contributed by atoms with E-state index >= 15 is 0 Å². The number of hydrogen-bond acceptors (Lipinski definition) is 6. The molecule has 3 aromatic rings. The molecule has 1 aromatic heterocycles. The summed E-state index contributed by atoms with van der Waals surface area (Å²) in [5, 5.41) is 11.1. The molecule has 0 unspecified atom stereocenters. The molecule has 1 N–H and O–H groups in total. The van der Waals surface area contributed by atoms with Crippen LogP contribution in [0.1, 0.15) is 25.7 Å². The summed E-state index contributed by atoms with van der Waals surface area (Å²) in [6.07, 6.45) is 3.94. The molecule has 1 aliphatic rings. The Morgan fingerprint density at radius 3 is 2.54 bits per heavy atom. The van der Waals surface area contributed by atoms with Crippen LogP contribution >= 0.6 is 0 Å². The van der Waals surface area contributed by atoms with E-state index in [0.29, 0.717) is 10.8 Å². The van der Waals surface area contributed by atoms with Crippen molar-refractivity contribution in [2.75, 3.05) is 5.75 Å². The maximum absolute atomic E-state index is 12.3. The number of fused-ring (bicyclic) bond motifs is 3. The number of aromatic hydroxyl groups is 1. The minimum atomic E-state index is -3.70. The average Bonchev–Trinajstić information content (AvgIpc) is 3.06. The van der Waals surface area contributed by atoms with Gasteiger partial charge in [0.15, 0.2) is 0 Å². The van der Waals surface area contributed by atoms with Crippen LogP contribution in [0.5, 0.6) is 11.5 Å². The third kappa shape index (κ3) is 3.26. The molecule has 0 bridgehead atoms. The van der Waals surface area contributed by atoms with Gasteiger partial charge in [-0.3, -0.25) is 0 Å². The van der Waals surface area contributed by atoms with Crippen molar-refractivity contribution in [1.29, 1.82) is 0 Å². The molecule has 1 heterocycles. The van der Waals surface area contributed by atoms with E-state index in [1.54, 1.807) is 18.2 Å². The molecule has 6 nitrogen and oxygen atoms in total. The lowest BCUT2D eigenvalue weighted by Gasteiger charge is -2.11. The minimum Gasteiger partial charge on any atom is -0.508 e. The highest BCUT2D eigenvalue weighted by Gasteiger charge is 2.24.